The van der Waals surface area contributed by atoms with E-state index in [1.165, 1.54) is 21.9 Å². The fourth-order valence-corrected chi connectivity index (χ4v) is 4.18. The summed E-state index contributed by atoms with van der Waals surface area (Å²) in [5.74, 6) is 0. The maximum absolute atomic E-state index is 11.5. The quantitative estimate of drug-likeness (QED) is 0.633. The Morgan fingerprint density at radius 1 is 1.11 bits per heavy atom. The number of hydrogen-bond donors (Lipinski definition) is 2. The van der Waals surface area contributed by atoms with Gasteiger partial charge >= 0.3 is 0 Å². The zero-order chi connectivity index (χ0) is 18.9. The van der Waals surface area contributed by atoms with Crippen LogP contribution in [0.1, 0.15) is 22.4 Å². The lowest BCUT2D eigenvalue weighted by atomic mass is 10.0. The Hall–Kier alpha value is -2.54. The molecule has 0 saturated heterocycles. The summed E-state index contributed by atoms with van der Waals surface area (Å²) in [5.41, 5.74) is 2.52. The minimum atomic E-state index is -1.30. The molecule has 27 heavy (non-hydrogen) atoms. The van der Waals surface area contributed by atoms with Crippen molar-refractivity contribution in [1.29, 1.82) is 0 Å². The van der Waals surface area contributed by atoms with Gasteiger partial charge in [-0.3, -0.25) is 0 Å². The molecule has 1 aromatic heterocycles. The first-order valence-corrected chi connectivity index (χ1v) is 9.92. The Kier molecular flexibility index (Phi) is 4.78. The van der Waals surface area contributed by atoms with Crippen LogP contribution in [0.5, 0.6) is 0 Å². The lowest BCUT2D eigenvalue weighted by molar-refractivity contribution is -0.0525. The van der Waals surface area contributed by atoms with Gasteiger partial charge in [-0.15, -0.1) is 11.3 Å². The molecule has 0 fully saturated rings. The molecule has 2 aromatic carbocycles. The second-order valence-electron chi connectivity index (χ2n) is 6.49. The summed E-state index contributed by atoms with van der Waals surface area (Å²) in [6.45, 7) is 2.04. The molecule has 1 atom stereocenters. The van der Waals surface area contributed by atoms with Crippen molar-refractivity contribution in [1.82, 2.24) is 5.01 Å². The number of benzene rings is 2. The first-order valence-electron chi connectivity index (χ1n) is 8.63. The van der Waals surface area contributed by atoms with Gasteiger partial charge in [0.05, 0.1) is 10.6 Å². The number of hydrazone groups is 1. The van der Waals surface area contributed by atoms with Crippen molar-refractivity contribution in [2.24, 2.45) is 5.10 Å². The van der Waals surface area contributed by atoms with Gasteiger partial charge in [0.15, 0.2) is 5.11 Å². The van der Waals surface area contributed by atoms with Crippen LogP contribution in [0.3, 0.4) is 0 Å². The van der Waals surface area contributed by atoms with Gasteiger partial charge in [0.25, 0.3) is 0 Å². The van der Waals surface area contributed by atoms with Gasteiger partial charge in [-0.05, 0) is 48.3 Å². The molecule has 2 heterocycles. The molecule has 0 amide bonds. The van der Waals surface area contributed by atoms with Crippen LogP contribution in [0.15, 0.2) is 77.2 Å². The second kappa shape index (κ2) is 7.23. The van der Waals surface area contributed by atoms with E-state index >= 15 is 0 Å². The number of thiocarbonyl (C=S) groups is 1. The molecule has 0 saturated carbocycles. The van der Waals surface area contributed by atoms with Crippen LogP contribution in [-0.2, 0) is 5.72 Å². The van der Waals surface area contributed by atoms with Crippen LogP contribution < -0.4 is 5.32 Å². The molecule has 6 heteroatoms. The van der Waals surface area contributed by atoms with Crippen molar-refractivity contribution in [3.05, 3.63) is 88.1 Å². The first-order chi connectivity index (χ1) is 13.1. The molecule has 4 nitrogen and oxygen atoms in total. The van der Waals surface area contributed by atoms with Crippen molar-refractivity contribution in [2.75, 3.05) is 5.32 Å². The molecule has 1 aliphatic heterocycles. The second-order valence-corrected chi connectivity index (χ2v) is 7.83. The fourth-order valence-electron chi connectivity index (χ4n) is 3.06. The molecule has 4 rings (SSSR count). The van der Waals surface area contributed by atoms with Crippen molar-refractivity contribution in [3.8, 4) is 0 Å². The van der Waals surface area contributed by atoms with Crippen LogP contribution in [0.2, 0.25) is 0 Å². The van der Waals surface area contributed by atoms with E-state index in [2.05, 4.69) is 10.4 Å². The summed E-state index contributed by atoms with van der Waals surface area (Å²) in [7, 11) is 0. The predicted molar refractivity (Wildman–Crippen MR) is 115 cm³/mol. The third-order valence-electron chi connectivity index (χ3n) is 4.50. The van der Waals surface area contributed by atoms with E-state index < -0.39 is 5.72 Å². The van der Waals surface area contributed by atoms with Gasteiger partial charge in [0.1, 0.15) is 0 Å². The maximum Gasteiger partial charge on any atom is 0.202 e. The highest BCUT2D eigenvalue weighted by Gasteiger charge is 2.45. The predicted octanol–water partition coefficient (Wildman–Crippen LogP) is 4.71. The smallest absolute Gasteiger partial charge is 0.202 e. The van der Waals surface area contributed by atoms with Gasteiger partial charge in [-0.2, -0.15) is 5.10 Å². The Bertz CT molecular complexity index is 968. The van der Waals surface area contributed by atoms with E-state index in [9.17, 15) is 5.11 Å². The van der Waals surface area contributed by atoms with E-state index in [-0.39, 0.29) is 0 Å². The summed E-state index contributed by atoms with van der Waals surface area (Å²) in [4.78, 5) is 0.810. The number of aliphatic hydroxyl groups is 1. The topological polar surface area (TPSA) is 47.9 Å². The molecular formula is C21H19N3OS2. The Morgan fingerprint density at radius 2 is 1.85 bits per heavy atom. The van der Waals surface area contributed by atoms with E-state index in [0.29, 0.717) is 11.5 Å². The zero-order valence-electron chi connectivity index (χ0n) is 14.8. The minimum absolute atomic E-state index is 0.362. The van der Waals surface area contributed by atoms with Crippen LogP contribution in [0.4, 0.5) is 5.69 Å². The van der Waals surface area contributed by atoms with Crippen molar-refractivity contribution in [3.63, 3.8) is 0 Å². The summed E-state index contributed by atoms with van der Waals surface area (Å²) in [6.07, 6.45) is 0.368. The molecule has 0 spiro atoms. The number of nitrogens with zero attached hydrogens (tertiary/aromatic N) is 2. The Labute approximate surface area is 167 Å². The van der Waals surface area contributed by atoms with Crippen LogP contribution >= 0.6 is 23.6 Å². The summed E-state index contributed by atoms with van der Waals surface area (Å²) in [5, 5.41) is 23.2. The Balaban J connectivity index is 1.68. The molecular weight excluding hydrogens is 374 g/mol. The van der Waals surface area contributed by atoms with Gasteiger partial charge < -0.3 is 10.4 Å². The van der Waals surface area contributed by atoms with Gasteiger partial charge in [0.2, 0.25) is 5.72 Å². The fraction of sp³-hybridized carbons (Fsp3) is 0.143. The number of anilines is 1. The highest BCUT2D eigenvalue weighted by Crippen LogP contribution is 2.39. The largest absolute Gasteiger partial charge is 0.364 e. The van der Waals surface area contributed by atoms with E-state index in [0.717, 1.165) is 21.8 Å². The van der Waals surface area contributed by atoms with Crippen molar-refractivity contribution >= 4 is 40.1 Å². The molecule has 1 aliphatic rings. The van der Waals surface area contributed by atoms with E-state index in [1.54, 1.807) is 0 Å². The summed E-state index contributed by atoms with van der Waals surface area (Å²) in [6, 6.07) is 21.7. The van der Waals surface area contributed by atoms with Gasteiger partial charge in [0, 0.05) is 12.1 Å². The molecule has 0 aliphatic carbocycles. The van der Waals surface area contributed by atoms with Gasteiger partial charge in [-0.25, -0.2) is 5.01 Å². The first kappa shape index (κ1) is 17.9. The molecule has 136 valence electrons. The molecule has 1 unspecified atom stereocenters. The van der Waals surface area contributed by atoms with E-state index in [4.69, 9.17) is 12.2 Å². The normalized spacial score (nSPS) is 19.0. The number of thiophene rings is 1. The standard InChI is InChI=1S/C21H19N3OS2/c1-15-9-11-17(12-10-15)22-20(26)24-21(25,19-8-5-13-27-19)14-18(23-24)16-6-3-2-4-7-16/h2-13,25H,14H2,1H3,(H,22,26). The van der Waals surface area contributed by atoms with E-state index in [1.807, 2.05) is 79.0 Å². The summed E-state index contributed by atoms with van der Waals surface area (Å²) >= 11 is 7.10. The zero-order valence-corrected chi connectivity index (χ0v) is 16.4. The summed E-state index contributed by atoms with van der Waals surface area (Å²) < 4.78 is 0. The monoisotopic (exact) mass is 393 g/mol. The highest BCUT2D eigenvalue weighted by atomic mass is 32.1. The Morgan fingerprint density at radius 3 is 2.52 bits per heavy atom. The highest BCUT2D eigenvalue weighted by molar-refractivity contribution is 7.80. The number of aryl methyl sites for hydroxylation is 1. The molecule has 0 bridgehead atoms. The SMILES string of the molecule is Cc1ccc(NC(=S)N2N=C(c3ccccc3)CC2(O)c2cccs2)cc1. The van der Waals surface area contributed by atoms with Crippen molar-refractivity contribution < 1.29 is 5.11 Å². The van der Waals surface area contributed by atoms with Crippen molar-refractivity contribution in [2.45, 2.75) is 19.1 Å². The third-order valence-corrected chi connectivity index (χ3v) is 5.79. The van der Waals surface area contributed by atoms with Gasteiger partial charge in [-0.1, -0.05) is 54.1 Å². The van der Waals surface area contributed by atoms with Crippen LogP contribution in [-0.4, -0.2) is 20.9 Å². The lowest BCUT2D eigenvalue weighted by Gasteiger charge is -2.32. The number of nitrogens with one attached hydrogen (secondary N) is 1. The molecule has 0 radical (unpaired) electrons. The van der Waals surface area contributed by atoms with Crippen LogP contribution in [0.25, 0.3) is 0 Å². The lowest BCUT2D eigenvalue weighted by Crippen LogP contribution is -2.44. The molecule has 2 N–H and O–H groups in total. The average molecular weight is 394 g/mol. The third kappa shape index (κ3) is 3.51. The average Bonchev–Trinajstić information content (AvgIpc) is 3.33. The number of hydrogen-bond acceptors (Lipinski definition) is 4. The minimum Gasteiger partial charge on any atom is -0.364 e. The maximum atomic E-state index is 11.5. The van der Waals surface area contributed by atoms with Crippen LogP contribution in [0, 0.1) is 6.92 Å². The number of rotatable bonds is 3. The molecule has 3 aromatic rings.